The van der Waals surface area contributed by atoms with Gasteiger partial charge in [0.2, 0.25) is 5.95 Å². The van der Waals surface area contributed by atoms with Crippen LogP contribution in [0.1, 0.15) is 16.7 Å². The molecule has 2 aromatic carbocycles. The van der Waals surface area contributed by atoms with Crippen molar-refractivity contribution in [3.05, 3.63) is 71.9 Å². The van der Waals surface area contributed by atoms with Crippen LogP contribution in [0.5, 0.6) is 0 Å². The first-order valence-electron chi connectivity index (χ1n) is 8.80. The quantitative estimate of drug-likeness (QED) is 0.452. The number of hydrogen-bond donors (Lipinski definition) is 1. The standard InChI is InChI=1S/C22H16N6S/c1-3-16-10-18(6-7-19(16)24-2)21-27-22(28-29-21)26-13-15-8-17-5-4-14(11-23)9-20(17)25-12-15/h3-10,12H,1-2,13H2,(H,26,28). The maximum absolute atomic E-state index is 8.99. The first-order valence-corrected chi connectivity index (χ1v) is 9.57. The highest BCUT2D eigenvalue weighted by Gasteiger charge is 2.09. The van der Waals surface area contributed by atoms with Crippen molar-refractivity contribution < 1.29 is 0 Å². The molecule has 0 unspecified atom stereocenters. The van der Waals surface area contributed by atoms with E-state index in [1.54, 1.807) is 24.4 Å². The minimum atomic E-state index is 0.552. The SMILES string of the molecule is C=Cc1cc(-c2nc(NCc3cnc4cc(C#N)ccc4c3)ns2)ccc1N=C. The molecule has 0 saturated heterocycles. The topological polar surface area (TPSA) is 86.9 Å². The van der Waals surface area contributed by atoms with Crippen molar-refractivity contribution >= 4 is 46.9 Å². The van der Waals surface area contributed by atoms with Crippen molar-refractivity contribution in [3.63, 3.8) is 0 Å². The molecule has 0 aliphatic heterocycles. The van der Waals surface area contributed by atoms with Gasteiger partial charge in [-0.15, -0.1) is 0 Å². The average Bonchev–Trinajstić information content (AvgIpc) is 3.25. The molecular formula is C22H16N6S. The number of nitrogens with one attached hydrogen (secondary N) is 1. The summed E-state index contributed by atoms with van der Waals surface area (Å²) in [5.41, 5.74) is 5.07. The summed E-state index contributed by atoms with van der Waals surface area (Å²) in [5.74, 6) is 0.566. The molecule has 0 amide bonds. The Labute approximate surface area is 172 Å². The molecule has 0 saturated carbocycles. The van der Waals surface area contributed by atoms with Gasteiger partial charge in [-0.2, -0.15) is 14.6 Å². The summed E-state index contributed by atoms with van der Waals surface area (Å²) in [7, 11) is 0. The van der Waals surface area contributed by atoms with E-state index in [1.807, 2.05) is 30.3 Å². The van der Waals surface area contributed by atoms with Crippen LogP contribution in [-0.4, -0.2) is 21.1 Å². The van der Waals surface area contributed by atoms with Gasteiger partial charge < -0.3 is 5.32 Å². The first kappa shape index (κ1) is 18.5. The lowest BCUT2D eigenvalue weighted by Gasteiger charge is -2.04. The molecule has 4 rings (SSSR count). The van der Waals surface area contributed by atoms with Gasteiger partial charge in [-0.25, -0.2) is 0 Å². The third-order valence-electron chi connectivity index (χ3n) is 4.41. The van der Waals surface area contributed by atoms with Crippen LogP contribution in [-0.2, 0) is 6.54 Å². The van der Waals surface area contributed by atoms with E-state index in [0.717, 1.165) is 38.3 Å². The molecular weight excluding hydrogens is 380 g/mol. The van der Waals surface area contributed by atoms with Gasteiger partial charge in [0.15, 0.2) is 0 Å². The fourth-order valence-electron chi connectivity index (χ4n) is 2.92. The molecule has 29 heavy (non-hydrogen) atoms. The van der Waals surface area contributed by atoms with Crippen LogP contribution >= 0.6 is 11.5 Å². The van der Waals surface area contributed by atoms with Crippen LogP contribution in [0, 0.1) is 11.3 Å². The molecule has 7 heteroatoms. The Balaban J connectivity index is 1.50. The van der Waals surface area contributed by atoms with E-state index < -0.39 is 0 Å². The van der Waals surface area contributed by atoms with Crippen molar-refractivity contribution in [1.82, 2.24) is 14.3 Å². The maximum atomic E-state index is 8.99. The Morgan fingerprint density at radius 1 is 1.21 bits per heavy atom. The fraction of sp³-hybridized carbons (Fsp3) is 0.0455. The van der Waals surface area contributed by atoms with Crippen LogP contribution in [0.4, 0.5) is 11.6 Å². The van der Waals surface area contributed by atoms with Gasteiger partial charge in [0.1, 0.15) is 5.01 Å². The predicted molar refractivity (Wildman–Crippen MR) is 118 cm³/mol. The van der Waals surface area contributed by atoms with Crippen LogP contribution < -0.4 is 5.32 Å². The number of benzene rings is 2. The van der Waals surface area contributed by atoms with E-state index in [-0.39, 0.29) is 0 Å². The lowest BCUT2D eigenvalue weighted by Crippen LogP contribution is -2.01. The Morgan fingerprint density at radius 3 is 2.90 bits per heavy atom. The Bertz CT molecular complexity index is 1270. The minimum Gasteiger partial charge on any atom is -0.349 e. The molecule has 0 radical (unpaired) electrons. The zero-order valence-corrected chi connectivity index (χ0v) is 16.3. The van der Waals surface area contributed by atoms with Crippen LogP contribution in [0.25, 0.3) is 27.6 Å². The number of hydrogen-bond acceptors (Lipinski definition) is 7. The summed E-state index contributed by atoms with van der Waals surface area (Å²) in [6, 6.07) is 15.5. The van der Waals surface area contributed by atoms with E-state index in [1.165, 1.54) is 11.5 Å². The number of pyridine rings is 1. The Morgan fingerprint density at radius 2 is 2.10 bits per heavy atom. The molecule has 2 heterocycles. The van der Waals surface area contributed by atoms with Crippen LogP contribution in [0.3, 0.4) is 0 Å². The summed E-state index contributed by atoms with van der Waals surface area (Å²) in [5, 5.41) is 14.0. The zero-order chi connectivity index (χ0) is 20.2. The molecule has 4 aromatic rings. The summed E-state index contributed by atoms with van der Waals surface area (Å²) < 4.78 is 4.39. The number of aliphatic imine (C=N–C) groups is 1. The number of fused-ring (bicyclic) bond motifs is 1. The van der Waals surface area contributed by atoms with Crippen molar-refractivity contribution in [2.24, 2.45) is 4.99 Å². The first-order chi connectivity index (χ1) is 14.2. The third-order valence-corrected chi connectivity index (χ3v) is 5.18. The highest BCUT2D eigenvalue weighted by molar-refractivity contribution is 7.09. The summed E-state index contributed by atoms with van der Waals surface area (Å²) >= 11 is 1.33. The smallest absolute Gasteiger partial charge is 0.235 e. The second-order valence-electron chi connectivity index (χ2n) is 6.28. The van der Waals surface area contributed by atoms with E-state index >= 15 is 0 Å². The van der Waals surface area contributed by atoms with Gasteiger partial charge in [-0.1, -0.05) is 18.7 Å². The molecule has 0 aliphatic rings. The number of nitrogens with zero attached hydrogens (tertiary/aromatic N) is 5. The molecule has 0 bridgehead atoms. The van der Waals surface area contributed by atoms with Gasteiger partial charge in [0, 0.05) is 29.3 Å². The molecule has 0 spiro atoms. The highest BCUT2D eigenvalue weighted by Crippen LogP contribution is 2.29. The van der Waals surface area contributed by atoms with Crippen molar-refractivity contribution in [1.29, 1.82) is 5.26 Å². The van der Waals surface area contributed by atoms with E-state index in [2.05, 4.69) is 44.0 Å². The monoisotopic (exact) mass is 396 g/mol. The van der Waals surface area contributed by atoms with Crippen LogP contribution in [0.2, 0.25) is 0 Å². The largest absolute Gasteiger partial charge is 0.349 e. The highest BCUT2D eigenvalue weighted by atomic mass is 32.1. The van der Waals surface area contributed by atoms with Gasteiger partial charge >= 0.3 is 0 Å². The van der Waals surface area contributed by atoms with E-state index in [9.17, 15) is 0 Å². The number of anilines is 1. The fourth-order valence-corrected chi connectivity index (χ4v) is 3.56. The molecule has 0 atom stereocenters. The van der Waals surface area contributed by atoms with Crippen molar-refractivity contribution in [2.75, 3.05) is 5.32 Å². The molecule has 2 aromatic heterocycles. The predicted octanol–water partition coefficient (Wildman–Crippen LogP) is 5.21. The second kappa shape index (κ2) is 8.00. The average molecular weight is 396 g/mol. The van der Waals surface area contributed by atoms with Crippen LogP contribution in [0.15, 0.2) is 60.2 Å². The summed E-state index contributed by atoms with van der Waals surface area (Å²) in [6.07, 6.45) is 3.54. The molecule has 140 valence electrons. The van der Waals surface area contributed by atoms with Gasteiger partial charge in [0.25, 0.3) is 0 Å². The van der Waals surface area contributed by atoms with Crippen molar-refractivity contribution in [2.45, 2.75) is 6.54 Å². The van der Waals surface area contributed by atoms with Gasteiger partial charge in [-0.05, 0) is 60.2 Å². The molecule has 1 N–H and O–H groups in total. The Hall–Kier alpha value is -3.89. The van der Waals surface area contributed by atoms with Gasteiger partial charge in [0.05, 0.1) is 22.8 Å². The number of rotatable bonds is 6. The maximum Gasteiger partial charge on any atom is 0.235 e. The summed E-state index contributed by atoms with van der Waals surface area (Å²) in [6.45, 7) is 7.95. The summed E-state index contributed by atoms with van der Waals surface area (Å²) in [4.78, 5) is 13.0. The normalized spacial score (nSPS) is 10.4. The van der Waals surface area contributed by atoms with E-state index in [4.69, 9.17) is 5.26 Å². The minimum absolute atomic E-state index is 0.552. The Kier molecular flexibility index (Phi) is 5.10. The second-order valence-corrected chi connectivity index (χ2v) is 7.03. The lowest BCUT2D eigenvalue weighted by molar-refractivity contribution is 1.09. The van der Waals surface area contributed by atoms with E-state index in [0.29, 0.717) is 18.1 Å². The van der Waals surface area contributed by atoms with Crippen molar-refractivity contribution in [3.8, 4) is 16.6 Å². The molecule has 6 nitrogen and oxygen atoms in total. The lowest BCUT2D eigenvalue weighted by atomic mass is 10.1. The number of aromatic nitrogens is 3. The number of nitriles is 1. The zero-order valence-electron chi connectivity index (χ0n) is 15.5. The van der Waals surface area contributed by atoms with Gasteiger partial charge in [-0.3, -0.25) is 9.98 Å². The molecule has 0 fully saturated rings. The molecule has 0 aliphatic carbocycles. The third kappa shape index (κ3) is 3.88.